The summed E-state index contributed by atoms with van der Waals surface area (Å²) in [6.07, 6.45) is 5.53. The molecule has 0 atom stereocenters. The van der Waals surface area contributed by atoms with Crippen LogP contribution < -0.4 is 5.32 Å². The number of carbonyl (C=O) groups excluding carboxylic acids is 1. The van der Waals surface area contributed by atoms with Gasteiger partial charge in [0, 0.05) is 18.3 Å². The van der Waals surface area contributed by atoms with Gasteiger partial charge in [0.05, 0.1) is 18.2 Å². The molecule has 17 heavy (non-hydrogen) atoms. The number of aromatic nitrogens is 1. The molecule has 0 spiro atoms. The predicted molar refractivity (Wildman–Crippen MR) is 63.2 cm³/mol. The molecule has 4 nitrogen and oxygen atoms in total. The zero-order chi connectivity index (χ0) is 12.1. The van der Waals surface area contributed by atoms with Crippen molar-refractivity contribution in [3.8, 4) is 6.07 Å². The minimum absolute atomic E-state index is 0.0708. The van der Waals surface area contributed by atoms with Gasteiger partial charge in [0.15, 0.2) is 0 Å². The van der Waals surface area contributed by atoms with Gasteiger partial charge in [-0.2, -0.15) is 5.26 Å². The molecule has 1 amide bonds. The van der Waals surface area contributed by atoms with Gasteiger partial charge in [0.2, 0.25) is 0 Å². The highest BCUT2D eigenvalue weighted by Crippen LogP contribution is 2.25. The molecular weight excluding hydrogens is 214 g/mol. The van der Waals surface area contributed by atoms with E-state index in [1.165, 1.54) is 19.3 Å². The lowest BCUT2D eigenvalue weighted by Gasteiger charge is -2.25. The van der Waals surface area contributed by atoms with Crippen LogP contribution in [0.4, 0.5) is 0 Å². The summed E-state index contributed by atoms with van der Waals surface area (Å²) < 4.78 is 0. The van der Waals surface area contributed by atoms with Crippen LogP contribution in [-0.2, 0) is 6.42 Å². The Hall–Kier alpha value is -1.89. The second-order valence-corrected chi connectivity index (χ2v) is 4.38. The fourth-order valence-electron chi connectivity index (χ4n) is 1.83. The van der Waals surface area contributed by atoms with Crippen LogP contribution in [0.1, 0.15) is 35.3 Å². The summed E-state index contributed by atoms with van der Waals surface area (Å²) in [5.41, 5.74) is 1.23. The van der Waals surface area contributed by atoms with Crippen molar-refractivity contribution in [3.63, 3.8) is 0 Å². The van der Waals surface area contributed by atoms with Gasteiger partial charge in [0.1, 0.15) is 0 Å². The Morgan fingerprint density at radius 3 is 3.06 bits per heavy atom. The fourth-order valence-corrected chi connectivity index (χ4v) is 1.83. The summed E-state index contributed by atoms with van der Waals surface area (Å²) in [4.78, 5) is 15.9. The highest BCUT2D eigenvalue weighted by molar-refractivity contribution is 5.94. The zero-order valence-electron chi connectivity index (χ0n) is 9.65. The Bertz CT molecular complexity index is 446. The Balaban J connectivity index is 1.93. The molecule has 1 aliphatic rings. The van der Waals surface area contributed by atoms with E-state index in [1.807, 2.05) is 6.07 Å². The van der Waals surface area contributed by atoms with Gasteiger partial charge in [-0.1, -0.05) is 6.42 Å². The molecule has 0 radical (unpaired) electrons. The minimum atomic E-state index is -0.0708. The second kappa shape index (κ2) is 5.44. The molecule has 1 aromatic rings. The van der Waals surface area contributed by atoms with E-state index in [9.17, 15) is 4.79 Å². The summed E-state index contributed by atoms with van der Waals surface area (Å²) in [5.74, 6) is 0.581. The van der Waals surface area contributed by atoms with Gasteiger partial charge in [-0.3, -0.25) is 9.78 Å². The largest absolute Gasteiger partial charge is 0.352 e. The number of nitriles is 1. The molecule has 0 aliphatic heterocycles. The average molecular weight is 229 g/mol. The van der Waals surface area contributed by atoms with Gasteiger partial charge in [-0.05, 0) is 30.9 Å². The van der Waals surface area contributed by atoms with Crippen LogP contribution >= 0.6 is 0 Å². The first-order valence-electron chi connectivity index (χ1n) is 5.89. The van der Waals surface area contributed by atoms with E-state index in [-0.39, 0.29) is 12.3 Å². The number of carbonyl (C=O) groups is 1. The maximum absolute atomic E-state index is 11.8. The van der Waals surface area contributed by atoms with Crippen molar-refractivity contribution in [2.45, 2.75) is 25.7 Å². The summed E-state index contributed by atoms with van der Waals surface area (Å²) in [6, 6.07) is 5.38. The molecule has 0 saturated heterocycles. The maximum atomic E-state index is 11.8. The molecule has 2 rings (SSSR count). The van der Waals surface area contributed by atoms with Gasteiger partial charge >= 0.3 is 0 Å². The van der Waals surface area contributed by atoms with Crippen LogP contribution in [0.25, 0.3) is 0 Å². The zero-order valence-corrected chi connectivity index (χ0v) is 9.65. The lowest BCUT2D eigenvalue weighted by atomic mass is 9.85. The molecule has 1 fully saturated rings. The highest BCUT2D eigenvalue weighted by Gasteiger charge is 2.18. The predicted octanol–water partition coefficient (Wildman–Crippen LogP) is 1.68. The van der Waals surface area contributed by atoms with E-state index in [1.54, 1.807) is 18.3 Å². The van der Waals surface area contributed by atoms with Crippen LogP contribution in [0, 0.1) is 17.2 Å². The van der Waals surface area contributed by atoms with E-state index in [2.05, 4.69) is 10.3 Å². The summed E-state index contributed by atoms with van der Waals surface area (Å²) in [5, 5.41) is 11.5. The first-order chi connectivity index (χ1) is 8.29. The quantitative estimate of drug-likeness (QED) is 0.854. The van der Waals surface area contributed by atoms with Crippen molar-refractivity contribution >= 4 is 5.91 Å². The average Bonchev–Trinajstić information content (AvgIpc) is 2.27. The van der Waals surface area contributed by atoms with E-state index in [0.29, 0.717) is 17.2 Å². The van der Waals surface area contributed by atoms with Crippen LogP contribution in [-0.4, -0.2) is 17.4 Å². The number of amides is 1. The Kier molecular flexibility index (Phi) is 3.71. The van der Waals surface area contributed by atoms with Crippen LogP contribution in [0.2, 0.25) is 0 Å². The number of pyridine rings is 1. The van der Waals surface area contributed by atoms with Crippen LogP contribution in [0.3, 0.4) is 0 Å². The standard InChI is InChI=1S/C13H15N3O/c14-6-4-12-8-11(5-7-15-12)13(17)16-9-10-2-1-3-10/h5,7-8,10H,1-4,9H2,(H,16,17). The third kappa shape index (κ3) is 3.04. The lowest BCUT2D eigenvalue weighted by molar-refractivity contribution is 0.0939. The van der Waals surface area contributed by atoms with Crippen molar-refractivity contribution in [3.05, 3.63) is 29.6 Å². The van der Waals surface area contributed by atoms with E-state index < -0.39 is 0 Å². The second-order valence-electron chi connectivity index (χ2n) is 4.38. The normalized spacial score (nSPS) is 14.8. The smallest absolute Gasteiger partial charge is 0.251 e. The number of nitrogens with one attached hydrogen (secondary N) is 1. The maximum Gasteiger partial charge on any atom is 0.251 e. The van der Waals surface area contributed by atoms with Crippen molar-refractivity contribution in [1.29, 1.82) is 5.26 Å². The molecule has 0 aromatic carbocycles. The summed E-state index contributed by atoms with van der Waals surface area (Å²) in [7, 11) is 0. The molecule has 1 N–H and O–H groups in total. The molecule has 0 bridgehead atoms. The Morgan fingerprint density at radius 1 is 1.59 bits per heavy atom. The summed E-state index contributed by atoms with van der Waals surface area (Å²) in [6.45, 7) is 0.759. The number of rotatable bonds is 4. The SMILES string of the molecule is N#CCc1cc(C(=O)NCC2CCC2)ccn1. The third-order valence-corrected chi connectivity index (χ3v) is 3.11. The minimum Gasteiger partial charge on any atom is -0.352 e. The third-order valence-electron chi connectivity index (χ3n) is 3.11. The van der Waals surface area contributed by atoms with Gasteiger partial charge < -0.3 is 5.32 Å². The number of hydrogen-bond acceptors (Lipinski definition) is 3. The molecule has 1 heterocycles. The van der Waals surface area contributed by atoms with Crippen LogP contribution in [0.5, 0.6) is 0 Å². The van der Waals surface area contributed by atoms with Crippen molar-refractivity contribution in [1.82, 2.24) is 10.3 Å². The van der Waals surface area contributed by atoms with Gasteiger partial charge in [-0.25, -0.2) is 0 Å². The van der Waals surface area contributed by atoms with Crippen molar-refractivity contribution in [2.24, 2.45) is 5.92 Å². The van der Waals surface area contributed by atoms with Crippen molar-refractivity contribution in [2.75, 3.05) is 6.54 Å². The Morgan fingerprint density at radius 2 is 2.41 bits per heavy atom. The lowest BCUT2D eigenvalue weighted by Crippen LogP contribution is -2.32. The number of hydrogen-bond donors (Lipinski definition) is 1. The van der Waals surface area contributed by atoms with Gasteiger partial charge in [-0.15, -0.1) is 0 Å². The summed E-state index contributed by atoms with van der Waals surface area (Å²) >= 11 is 0. The molecule has 4 heteroatoms. The fraction of sp³-hybridized carbons (Fsp3) is 0.462. The molecular formula is C13H15N3O. The molecule has 1 saturated carbocycles. The molecule has 0 unspecified atom stereocenters. The van der Waals surface area contributed by atoms with Crippen LogP contribution in [0.15, 0.2) is 18.3 Å². The van der Waals surface area contributed by atoms with E-state index >= 15 is 0 Å². The van der Waals surface area contributed by atoms with E-state index in [0.717, 1.165) is 6.54 Å². The highest BCUT2D eigenvalue weighted by atomic mass is 16.1. The molecule has 1 aliphatic carbocycles. The molecule has 1 aromatic heterocycles. The Labute approximate surface area is 101 Å². The van der Waals surface area contributed by atoms with E-state index in [4.69, 9.17) is 5.26 Å². The molecule has 88 valence electrons. The first-order valence-corrected chi connectivity index (χ1v) is 5.89. The van der Waals surface area contributed by atoms with Crippen molar-refractivity contribution < 1.29 is 4.79 Å². The van der Waals surface area contributed by atoms with Gasteiger partial charge in [0.25, 0.3) is 5.91 Å². The monoisotopic (exact) mass is 229 g/mol. The number of nitrogens with zero attached hydrogens (tertiary/aromatic N) is 2. The topological polar surface area (TPSA) is 65.8 Å². The first kappa shape index (κ1) is 11.6.